The number of thioether (sulfide) groups is 1. The van der Waals surface area contributed by atoms with Gasteiger partial charge in [0, 0.05) is 35.8 Å². The summed E-state index contributed by atoms with van der Waals surface area (Å²) >= 11 is 1.36. The third-order valence-corrected chi connectivity index (χ3v) is 8.15. The molecule has 8 nitrogen and oxygen atoms in total. The van der Waals surface area contributed by atoms with Crippen LogP contribution in [0.3, 0.4) is 0 Å². The molecule has 6 rings (SSSR count). The molecular weight excluding hydrogens is 536 g/mol. The minimum absolute atomic E-state index is 0.0579. The van der Waals surface area contributed by atoms with E-state index < -0.39 is 0 Å². The lowest BCUT2D eigenvalue weighted by atomic mass is 10.1. The van der Waals surface area contributed by atoms with Crippen LogP contribution in [0.2, 0.25) is 0 Å². The Balaban J connectivity index is 1.33. The smallest absolute Gasteiger partial charge is 0.267 e. The van der Waals surface area contributed by atoms with Crippen molar-refractivity contribution >= 4 is 51.4 Å². The fourth-order valence-corrected chi connectivity index (χ4v) is 5.97. The first-order valence-electron chi connectivity index (χ1n) is 13.5. The van der Waals surface area contributed by atoms with Gasteiger partial charge in [-0.1, -0.05) is 48.5 Å². The Morgan fingerprint density at radius 2 is 1.73 bits per heavy atom. The van der Waals surface area contributed by atoms with Gasteiger partial charge in [0.25, 0.3) is 5.91 Å². The fourth-order valence-electron chi connectivity index (χ4n) is 4.98. The van der Waals surface area contributed by atoms with Crippen LogP contribution in [0.4, 0.5) is 5.69 Å². The van der Waals surface area contributed by atoms with Crippen molar-refractivity contribution in [3.63, 3.8) is 0 Å². The molecule has 0 radical (unpaired) electrons. The zero-order valence-corrected chi connectivity index (χ0v) is 23.5. The monoisotopic (exact) mass is 566 g/mol. The number of ether oxygens (including phenoxy) is 2. The lowest BCUT2D eigenvalue weighted by molar-refractivity contribution is -0.135. The average Bonchev–Trinajstić information content (AvgIpc) is 3.50. The first kappa shape index (κ1) is 26.9. The zero-order valence-electron chi connectivity index (χ0n) is 22.7. The first-order chi connectivity index (χ1) is 20.1. The summed E-state index contributed by atoms with van der Waals surface area (Å²) in [4.78, 5) is 35.8. The molecule has 1 aromatic heterocycles. The van der Waals surface area contributed by atoms with Gasteiger partial charge in [-0.15, -0.1) is 0 Å². The third kappa shape index (κ3) is 5.91. The third-order valence-electron chi connectivity index (χ3n) is 7.14. The SMILES string of the molecule is COc1ccc(CN2C(=O)/C(=C/c3cn(CC(=O)N4CCOCC4)c4ccccc34)SC2=Nc2ccccc2)cc1. The van der Waals surface area contributed by atoms with Crippen molar-refractivity contribution < 1.29 is 19.1 Å². The van der Waals surface area contributed by atoms with Crippen molar-refractivity contribution in [1.82, 2.24) is 14.4 Å². The largest absolute Gasteiger partial charge is 0.497 e. The molecule has 0 bridgehead atoms. The summed E-state index contributed by atoms with van der Waals surface area (Å²) in [5.41, 5.74) is 3.59. The second-order valence-corrected chi connectivity index (χ2v) is 10.8. The number of carbonyl (C=O) groups is 2. The summed E-state index contributed by atoms with van der Waals surface area (Å²) in [7, 11) is 1.63. The molecule has 9 heteroatoms. The van der Waals surface area contributed by atoms with Gasteiger partial charge in [-0.05, 0) is 53.7 Å². The van der Waals surface area contributed by atoms with Crippen molar-refractivity contribution in [2.24, 2.45) is 4.99 Å². The van der Waals surface area contributed by atoms with E-state index in [1.165, 1.54) is 11.8 Å². The number of fused-ring (bicyclic) bond motifs is 1. The van der Waals surface area contributed by atoms with Crippen LogP contribution in [-0.2, 0) is 27.4 Å². The molecule has 208 valence electrons. The highest BCUT2D eigenvalue weighted by Gasteiger charge is 2.34. The van der Waals surface area contributed by atoms with E-state index in [-0.39, 0.29) is 18.4 Å². The molecule has 2 fully saturated rings. The summed E-state index contributed by atoms with van der Waals surface area (Å²) in [5.74, 6) is 0.711. The number of rotatable bonds is 7. The van der Waals surface area contributed by atoms with E-state index in [0.29, 0.717) is 42.9 Å². The van der Waals surface area contributed by atoms with E-state index in [4.69, 9.17) is 14.5 Å². The number of carbonyl (C=O) groups excluding carboxylic acids is 2. The molecule has 0 atom stereocenters. The predicted molar refractivity (Wildman–Crippen MR) is 162 cm³/mol. The molecule has 0 N–H and O–H groups in total. The quantitative estimate of drug-likeness (QED) is 0.283. The number of morpholine rings is 1. The summed E-state index contributed by atoms with van der Waals surface area (Å²) in [6.07, 6.45) is 3.88. The van der Waals surface area contributed by atoms with E-state index >= 15 is 0 Å². The zero-order chi connectivity index (χ0) is 28.2. The number of hydrogen-bond donors (Lipinski definition) is 0. The number of aromatic nitrogens is 1. The van der Waals surface area contributed by atoms with Crippen LogP contribution < -0.4 is 4.74 Å². The Kier molecular flexibility index (Phi) is 7.89. The molecule has 2 saturated heterocycles. The van der Waals surface area contributed by atoms with Crippen LogP contribution in [0, 0.1) is 0 Å². The summed E-state index contributed by atoms with van der Waals surface area (Å²) in [6.45, 7) is 2.95. The van der Waals surface area contributed by atoms with Crippen LogP contribution >= 0.6 is 11.8 Å². The number of aliphatic imine (C=N–C) groups is 1. The van der Waals surface area contributed by atoms with Gasteiger partial charge in [0.2, 0.25) is 5.91 Å². The number of para-hydroxylation sites is 2. The summed E-state index contributed by atoms with van der Waals surface area (Å²) < 4.78 is 12.7. The van der Waals surface area contributed by atoms with Crippen LogP contribution in [0.15, 0.2) is 95.0 Å². The minimum atomic E-state index is -0.110. The Morgan fingerprint density at radius 1 is 1.00 bits per heavy atom. The van der Waals surface area contributed by atoms with E-state index in [1.54, 1.807) is 12.0 Å². The second-order valence-electron chi connectivity index (χ2n) is 9.80. The van der Waals surface area contributed by atoms with Crippen LogP contribution in [-0.4, -0.2) is 64.8 Å². The van der Waals surface area contributed by atoms with Gasteiger partial charge in [0.15, 0.2) is 5.17 Å². The molecule has 2 aliphatic heterocycles. The van der Waals surface area contributed by atoms with E-state index in [1.807, 2.05) is 101 Å². The molecule has 3 heterocycles. The molecule has 0 saturated carbocycles. The van der Waals surface area contributed by atoms with Gasteiger partial charge in [-0.2, -0.15) is 0 Å². The molecule has 4 aromatic rings. The number of amidine groups is 1. The molecule has 41 heavy (non-hydrogen) atoms. The summed E-state index contributed by atoms with van der Waals surface area (Å²) in [5, 5.41) is 1.60. The van der Waals surface area contributed by atoms with E-state index in [0.717, 1.165) is 33.5 Å². The van der Waals surface area contributed by atoms with Crippen molar-refractivity contribution in [3.05, 3.63) is 101 Å². The first-order valence-corrected chi connectivity index (χ1v) is 14.3. The van der Waals surface area contributed by atoms with Gasteiger partial charge in [0.1, 0.15) is 12.3 Å². The topological polar surface area (TPSA) is 76.4 Å². The highest BCUT2D eigenvalue weighted by molar-refractivity contribution is 8.18. The molecular formula is C32H30N4O4S. The van der Waals surface area contributed by atoms with Gasteiger partial charge >= 0.3 is 0 Å². The van der Waals surface area contributed by atoms with Crippen molar-refractivity contribution in [3.8, 4) is 5.75 Å². The minimum Gasteiger partial charge on any atom is -0.497 e. The van der Waals surface area contributed by atoms with Gasteiger partial charge < -0.3 is 18.9 Å². The number of benzene rings is 3. The molecule has 0 unspecified atom stereocenters. The highest BCUT2D eigenvalue weighted by atomic mass is 32.2. The van der Waals surface area contributed by atoms with Crippen LogP contribution in [0.1, 0.15) is 11.1 Å². The lowest BCUT2D eigenvalue weighted by Gasteiger charge is -2.27. The maximum atomic E-state index is 13.8. The van der Waals surface area contributed by atoms with Gasteiger partial charge in [-0.25, -0.2) is 4.99 Å². The summed E-state index contributed by atoms with van der Waals surface area (Å²) in [6, 6.07) is 25.3. The second kappa shape index (κ2) is 12.0. The maximum Gasteiger partial charge on any atom is 0.267 e. The number of nitrogens with zero attached hydrogens (tertiary/aromatic N) is 4. The normalized spacial score (nSPS) is 17.6. The molecule has 0 aliphatic carbocycles. The Hall–Kier alpha value is -4.34. The van der Waals surface area contributed by atoms with E-state index in [9.17, 15) is 9.59 Å². The predicted octanol–water partition coefficient (Wildman–Crippen LogP) is 5.31. The fraction of sp³-hybridized carbons (Fsp3) is 0.219. The Labute approximate surface area is 242 Å². The van der Waals surface area contributed by atoms with Gasteiger partial charge in [0.05, 0.1) is 37.5 Å². The van der Waals surface area contributed by atoms with Crippen molar-refractivity contribution in [1.29, 1.82) is 0 Å². The molecule has 0 spiro atoms. The Morgan fingerprint density at radius 3 is 2.49 bits per heavy atom. The van der Waals surface area contributed by atoms with Crippen LogP contribution in [0.5, 0.6) is 5.75 Å². The van der Waals surface area contributed by atoms with Crippen molar-refractivity contribution in [2.75, 3.05) is 33.4 Å². The van der Waals surface area contributed by atoms with Crippen LogP contribution in [0.25, 0.3) is 17.0 Å². The molecule has 2 aliphatic rings. The maximum absolute atomic E-state index is 13.8. The number of hydrogen-bond acceptors (Lipinski definition) is 6. The average molecular weight is 567 g/mol. The molecule has 3 aromatic carbocycles. The number of methoxy groups -OCH3 is 1. The molecule has 2 amide bonds. The highest BCUT2D eigenvalue weighted by Crippen LogP contribution is 2.36. The van der Waals surface area contributed by atoms with Crippen molar-refractivity contribution in [2.45, 2.75) is 13.1 Å². The van der Waals surface area contributed by atoms with E-state index in [2.05, 4.69) is 0 Å². The number of amides is 2. The lowest BCUT2D eigenvalue weighted by Crippen LogP contribution is -2.42. The standard InChI is InChI=1S/C32H30N4O4S/c1-39-26-13-11-23(12-14-26)20-36-31(38)29(41-32(36)33-25-7-3-2-4-8-25)19-24-21-35(28-10-6-5-9-27(24)28)22-30(37)34-15-17-40-18-16-34/h2-14,19,21H,15-18,20,22H2,1H3/b29-19-,33-32?. The Bertz CT molecular complexity index is 1620. The van der Waals surface area contributed by atoms with Gasteiger partial charge in [-0.3, -0.25) is 14.5 Å².